The predicted octanol–water partition coefficient (Wildman–Crippen LogP) is 3.84. The molecule has 0 bridgehead atoms. The zero-order chi connectivity index (χ0) is 17.0. The second-order valence-corrected chi connectivity index (χ2v) is 4.34. The molecular formula is C15H11F2NO5. The van der Waals surface area contributed by atoms with Crippen molar-refractivity contribution in [3.63, 3.8) is 0 Å². The summed E-state index contributed by atoms with van der Waals surface area (Å²) in [7, 11) is 0. The monoisotopic (exact) mass is 323 g/mol. The summed E-state index contributed by atoms with van der Waals surface area (Å²) in [4.78, 5) is 22.0. The molecule has 0 aliphatic rings. The van der Waals surface area contributed by atoms with Gasteiger partial charge in [-0.25, -0.2) is 13.6 Å². The second-order valence-electron chi connectivity index (χ2n) is 4.34. The number of hydrogen-bond acceptors (Lipinski definition) is 5. The van der Waals surface area contributed by atoms with E-state index in [0.29, 0.717) is 0 Å². The number of nitro groups is 1. The van der Waals surface area contributed by atoms with Gasteiger partial charge in [0, 0.05) is 18.2 Å². The largest absolute Gasteiger partial charge is 0.462 e. The smallest absolute Gasteiger partial charge is 0.342 e. The van der Waals surface area contributed by atoms with E-state index in [1.165, 1.54) is 6.07 Å². The fourth-order valence-corrected chi connectivity index (χ4v) is 1.76. The van der Waals surface area contributed by atoms with Crippen molar-refractivity contribution in [2.45, 2.75) is 6.92 Å². The first-order valence-electron chi connectivity index (χ1n) is 6.51. The third-order valence-electron chi connectivity index (χ3n) is 2.79. The van der Waals surface area contributed by atoms with Gasteiger partial charge in [-0.15, -0.1) is 0 Å². The van der Waals surface area contributed by atoms with Crippen LogP contribution in [0, 0.1) is 21.7 Å². The van der Waals surface area contributed by atoms with Crippen LogP contribution in [0.3, 0.4) is 0 Å². The molecule has 8 heteroatoms. The first-order valence-corrected chi connectivity index (χ1v) is 6.51. The SMILES string of the molecule is CCOC(=O)c1cc([N+](=O)[O-])ccc1Oc1ccc(F)c(F)c1. The van der Waals surface area contributed by atoms with Crippen molar-refractivity contribution in [2.75, 3.05) is 6.61 Å². The molecule has 2 aromatic rings. The van der Waals surface area contributed by atoms with Crippen molar-refractivity contribution < 1.29 is 28.0 Å². The van der Waals surface area contributed by atoms with Gasteiger partial charge < -0.3 is 9.47 Å². The highest BCUT2D eigenvalue weighted by atomic mass is 19.2. The van der Waals surface area contributed by atoms with Crippen molar-refractivity contribution >= 4 is 11.7 Å². The molecule has 23 heavy (non-hydrogen) atoms. The topological polar surface area (TPSA) is 78.7 Å². The highest BCUT2D eigenvalue weighted by Gasteiger charge is 2.19. The molecule has 2 rings (SSSR count). The second kappa shape index (κ2) is 6.82. The standard InChI is InChI=1S/C15H11F2NO5/c1-2-22-15(19)11-7-9(18(20)21)3-6-14(11)23-10-4-5-12(16)13(17)8-10/h3-8H,2H2,1H3. The number of carbonyl (C=O) groups excluding carboxylic acids is 1. The zero-order valence-corrected chi connectivity index (χ0v) is 11.9. The van der Waals surface area contributed by atoms with Gasteiger partial charge in [0.2, 0.25) is 0 Å². The first kappa shape index (κ1) is 16.3. The molecule has 0 radical (unpaired) electrons. The summed E-state index contributed by atoms with van der Waals surface area (Å²) in [5.74, 6) is -3.13. The van der Waals surface area contributed by atoms with E-state index in [2.05, 4.69) is 0 Å². The molecule has 120 valence electrons. The number of hydrogen-bond donors (Lipinski definition) is 0. The average Bonchev–Trinajstić information content (AvgIpc) is 2.51. The fourth-order valence-electron chi connectivity index (χ4n) is 1.76. The maximum absolute atomic E-state index is 13.2. The van der Waals surface area contributed by atoms with Gasteiger partial charge in [-0.1, -0.05) is 0 Å². The number of benzene rings is 2. The molecule has 0 fully saturated rings. The Morgan fingerprint density at radius 1 is 1.17 bits per heavy atom. The Morgan fingerprint density at radius 3 is 2.52 bits per heavy atom. The van der Waals surface area contributed by atoms with Crippen LogP contribution in [-0.2, 0) is 4.74 Å². The van der Waals surface area contributed by atoms with Crippen LogP contribution < -0.4 is 4.74 Å². The molecule has 0 aliphatic heterocycles. The Hall–Kier alpha value is -3.03. The fraction of sp³-hybridized carbons (Fsp3) is 0.133. The first-order chi connectivity index (χ1) is 10.9. The van der Waals surface area contributed by atoms with Crippen molar-refractivity contribution in [1.82, 2.24) is 0 Å². The predicted molar refractivity (Wildman–Crippen MR) is 75.5 cm³/mol. The van der Waals surface area contributed by atoms with Gasteiger partial charge >= 0.3 is 5.97 Å². The Bertz CT molecular complexity index is 764. The van der Waals surface area contributed by atoms with Crippen LogP contribution in [0.2, 0.25) is 0 Å². The molecule has 0 N–H and O–H groups in total. The number of carbonyl (C=O) groups is 1. The molecular weight excluding hydrogens is 312 g/mol. The van der Waals surface area contributed by atoms with Gasteiger partial charge in [-0.05, 0) is 25.1 Å². The third-order valence-corrected chi connectivity index (χ3v) is 2.79. The van der Waals surface area contributed by atoms with Crippen LogP contribution in [0.4, 0.5) is 14.5 Å². The maximum atomic E-state index is 13.2. The van der Waals surface area contributed by atoms with Crippen LogP contribution in [0.25, 0.3) is 0 Å². The van der Waals surface area contributed by atoms with Crippen molar-refractivity contribution in [3.8, 4) is 11.5 Å². The number of halogens is 2. The highest BCUT2D eigenvalue weighted by Crippen LogP contribution is 2.30. The number of esters is 1. The van der Waals surface area contributed by atoms with E-state index in [-0.39, 0.29) is 29.4 Å². The van der Waals surface area contributed by atoms with E-state index in [0.717, 1.165) is 30.3 Å². The van der Waals surface area contributed by atoms with E-state index in [1.54, 1.807) is 6.92 Å². The van der Waals surface area contributed by atoms with Gasteiger partial charge in [-0.3, -0.25) is 10.1 Å². The van der Waals surface area contributed by atoms with E-state index >= 15 is 0 Å². The summed E-state index contributed by atoms with van der Waals surface area (Å²) in [5, 5.41) is 10.8. The summed E-state index contributed by atoms with van der Waals surface area (Å²) < 4.78 is 36.2. The maximum Gasteiger partial charge on any atom is 0.342 e. The quantitative estimate of drug-likeness (QED) is 0.474. The lowest BCUT2D eigenvalue weighted by Gasteiger charge is -2.10. The summed E-state index contributed by atoms with van der Waals surface area (Å²) >= 11 is 0. The summed E-state index contributed by atoms with van der Waals surface area (Å²) in [6.45, 7) is 1.64. The zero-order valence-electron chi connectivity index (χ0n) is 11.9. The van der Waals surface area contributed by atoms with E-state index in [4.69, 9.17) is 9.47 Å². The molecule has 0 heterocycles. The van der Waals surface area contributed by atoms with Crippen LogP contribution in [0.1, 0.15) is 17.3 Å². The summed E-state index contributed by atoms with van der Waals surface area (Å²) in [6.07, 6.45) is 0. The van der Waals surface area contributed by atoms with Gasteiger partial charge in [0.25, 0.3) is 5.69 Å². The molecule has 0 unspecified atom stereocenters. The molecule has 0 atom stereocenters. The summed E-state index contributed by atoms with van der Waals surface area (Å²) in [6, 6.07) is 6.12. The van der Waals surface area contributed by atoms with Crippen LogP contribution in [0.5, 0.6) is 11.5 Å². The number of nitrogens with zero attached hydrogens (tertiary/aromatic N) is 1. The highest BCUT2D eigenvalue weighted by molar-refractivity contribution is 5.93. The van der Waals surface area contributed by atoms with E-state index < -0.39 is 22.5 Å². The van der Waals surface area contributed by atoms with E-state index in [9.17, 15) is 23.7 Å². The minimum atomic E-state index is -1.12. The number of rotatable bonds is 5. The molecule has 0 aliphatic carbocycles. The lowest BCUT2D eigenvalue weighted by atomic mass is 10.1. The molecule has 0 saturated carbocycles. The minimum absolute atomic E-state index is 0.0616. The lowest BCUT2D eigenvalue weighted by molar-refractivity contribution is -0.384. The molecule has 2 aromatic carbocycles. The molecule has 0 amide bonds. The van der Waals surface area contributed by atoms with Gasteiger partial charge in [-0.2, -0.15) is 0 Å². The molecule has 0 saturated heterocycles. The van der Waals surface area contributed by atoms with Crippen molar-refractivity contribution in [3.05, 3.63) is 63.7 Å². The number of non-ortho nitro benzene ring substituents is 1. The van der Waals surface area contributed by atoms with Gasteiger partial charge in [0.1, 0.15) is 17.1 Å². The summed E-state index contributed by atoms with van der Waals surface area (Å²) in [5.41, 5.74) is -0.517. The molecule has 0 aromatic heterocycles. The van der Waals surface area contributed by atoms with Crippen molar-refractivity contribution in [1.29, 1.82) is 0 Å². The van der Waals surface area contributed by atoms with E-state index in [1.807, 2.05) is 0 Å². The lowest BCUT2D eigenvalue weighted by Crippen LogP contribution is -2.07. The number of nitro benzene ring substituents is 1. The Morgan fingerprint density at radius 2 is 1.91 bits per heavy atom. The Labute approximate surface area is 129 Å². The average molecular weight is 323 g/mol. The van der Waals surface area contributed by atoms with Crippen LogP contribution in [0.15, 0.2) is 36.4 Å². The van der Waals surface area contributed by atoms with Crippen LogP contribution in [-0.4, -0.2) is 17.5 Å². The van der Waals surface area contributed by atoms with Crippen LogP contribution >= 0.6 is 0 Å². The number of ether oxygens (including phenoxy) is 2. The van der Waals surface area contributed by atoms with Gasteiger partial charge in [0.05, 0.1) is 11.5 Å². The Kier molecular flexibility index (Phi) is 4.85. The molecule has 0 spiro atoms. The third kappa shape index (κ3) is 3.79. The molecule has 6 nitrogen and oxygen atoms in total. The van der Waals surface area contributed by atoms with Crippen molar-refractivity contribution in [2.24, 2.45) is 0 Å². The minimum Gasteiger partial charge on any atom is -0.462 e. The normalized spacial score (nSPS) is 10.2. The van der Waals surface area contributed by atoms with Gasteiger partial charge in [0.15, 0.2) is 11.6 Å². The Balaban J connectivity index is 2.41.